The van der Waals surface area contributed by atoms with Crippen molar-refractivity contribution in [1.29, 1.82) is 0 Å². The van der Waals surface area contributed by atoms with Crippen LogP contribution in [0.2, 0.25) is 0 Å². The number of nitrogens with zero attached hydrogens (tertiary/aromatic N) is 1. The van der Waals surface area contributed by atoms with Gasteiger partial charge in [-0.1, -0.05) is 17.3 Å². The molecule has 1 saturated carbocycles. The van der Waals surface area contributed by atoms with Crippen molar-refractivity contribution in [3.05, 3.63) is 29.8 Å². The summed E-state index contributed by atoms with van der Waals surface area (Å²) in [6.45, 7) is 0.950. The van der Waals surface area contributed by atoms with Gasteiger partial charge in [-0.25, -0.2) is 13.2 Å². The molecule has 3 rings (SSSR count). The predicted octanol–water partition coefficient (Wildman–Crippen LogP) is 1.22. The van der Waals surface area contributed by atoms with E-state index in [1.165, 1.54) is 24.3 Å². The van der Waals surface area contributed by atoms with Crippen molar-refractivity contribution in [2.45, 2.75) is 35.5 Å². The molecular formula is C15H17NO6S. The fourth-order valence-corrected chi connectivity index (χ4v) is 3.97. The number of oxime groups is 1. The van der Waals surface area contributed by atoms with Crippen molar-refractivity contribution in [1.82, 2.24) is 0 Å². The van der Waals surface area contributed by atoms with Gasteiger partial charge in [-0.2, -0.15) is 0 Å². The Morgan fingerprint density at radius 2 is 1.91 bits per heavy atom. The Hall–Kier alpha value is -1.93. The highest BCUT2D eigenvalue weighted by molar-refractivity contribution is 7.92. The zero-order valence-corrected chi connectivity index (χ0v) is 13.2. The minimum Gasteiger partial charge on any atom is -0.476 e. The average Bonchev–Trinajstić information content (AvgIpc) is 3.27. The Morgan fingerprint density at radius 1 is 1.22 bits per heavy atom. The normalized spacial score (nSPS) is 22.1. The minimum absolute atomic E-state index is 0.207. The molecule has 1 aliphatic heterocycles. The number of ether oxygens (including phenoxy) is 1. The van der Waals surface area contributed by atoms with Crippen molar-refractivity contribution in [3.8, 4) is 0 Å². The maximum absolute atomic E-state index is 12.1. The van der Waals surface area contributed by atoms with Gasteiger partial charge in [-0.05, 0) is 25.0 Å². The Balaban J connectivity index is 1.79. The van der Waals surface area contributed by atoms with Gasteiger partial charge >= 0.3 is 5.97 Å². The number of sulfone groups is 1. The zero-order valence-electron chi connectivity index (χ0n) is 12.3. The molecule has 2 aliphatic rings. The smallest absolute Gasteiger partial charge is 0.358 e. The van der Waals surface area contributed by atoms with Gasteiger partial charge in [0.1, 0.15) is 0 Å². The standard InChI is InChI=1S/C15H17NO6S/c17-15(18)14(16-22-11-7-8-21-9-11)10-1-3-12(4-2-10)23(19,20)13-5-6-13/h1-4,11,13H,5-9H2,(H,17,18)/t11-/m1/s1. The summed E-state index contributed by atoms with van der Waals surface area (Å²) in [5.74, 6) is -1.23. The van der Waals surface area contributed by atoms with Crippen LogP contribution in [-0.2, 0) is 24.2 Å². The van der Waals surface area contributed by atoms with Crippen LogP contribution in [0.25, 0.3) is 0 Å². The lowest BCUT2D eigenvalue weighted by molar-refractivity contribution is -0.129. The van der Waals surface area contributed by atoms with E-state index in [1.807, 2.05) is 0 Å². The van der Waals surface area contributed by atoms with Crippen LogP contribution < -0.4 is 0 Å². The lowest BCUT2D eigenvalue weighted by Gasteiger charge is -2.08. The average molecular weight is 339 g/mol. The molecule has 1 saturated heterocycles. The van der Waals surface area contributed by atoms with E-state index in [0.29, 0.717) is 38.0 Å². The lowest BCUT2D eigenvalue weighted by atomic mass is 10.1. The number of carbonyl (C=O) groups is 1. The Morgan fingerprint density at radius 3 is 2.43 bits per heavy atom. The largest absolute Gasteiger partial charge is 0.476 e. The second-order valence-electron chi connectivity index (χ2n) is 5.60. The van der Waals surface area contributed by atoms with E-state index in [2.05, 4.69) is 5.16 Å². The summed E-state index contributed by atoms with van der Waals surface area (Å²) in [6, 6.07) is 5.72. The first-order valence-electron chi connectivity index (χ1n) is 7.37. The van der Waals surface area contributed by atoms with Crippen LogP contribution in [-0.4, -0.2) is 49.8 Å². The monoisotopic (exact) mass is 339 g/mol. The van der Waals surface area contributed by atoms with Gasteiger partial charge in [-0.3, -0.25) is 0 Å². The third kappa shape index (κ3) is 3.53. The van der Waals surface area contributed by atoms with E-state index in [0.717, 1.165) is 0 Å². The van der Waals surface area contributed by atoms with Crippen LogP contribution in [0.1, 0.15) is 24.8 Å². The summed E-state index contributed by atoms with van der Waals surface area (Å²) in [6.07, 6.45) is 1.78. The van der Waals surface area contributed by atoms with Gasteiger partial charge in [0.25, 0.3) is 0 Å². The number of aliphatic carboxylic acids is 1. The van der Waals surface area contributed by atoms with Crippen molar-refractivity contribution >= 4 is 21.5 Å². The highest BCUT2D eigenvalue weighted by Gasteiger charge is 2.36. The highest BCUT2D eigenvalue weighted by atomic mass is 32.2. The van der Waals surface area contributed by atoms with E-state index in [-0.39, 0.29) is 22.0 Å². The van der Waals surface area contributed by atoms with E-state index >= 15 is 0 Å². The molecule has 0 unspecified atom stereocenters. The van der Waals surface area contributed by atoms with Crippen molar-refractivity contribution < 1.29 is 27.9 Å². The molecule has 8 heteroatoms. The summed E-state index contributed by atoms with van der Waals surface area (Å²) in [7, 11) is -3.29. The van der Waals surface area contributed by atoms with E-state index in [4.69, 9.17) is 9.57 Å². The number of benzene rings is 1. The summed E-state index contributed by atoms with van der Waals surface area (Å²) in [5, 5.41) is 12.7. The summed E-state index contributed by atoms with van der Waals surface area (Å²) < 4.78 is 29.4. The van der Waals surface area contributed by atoms with Crippen LogP contribution in [0.3, 0.4) is 0 Å². The fraction of sp³-hybridized carbons (Fsp3) is 0.467. The quantitative estimate of drug-likeness (QED) is 0.617. The Kier molecular flexibility index (Phi) is 4.36. The summed E-state index contributed by atoms with van der Waals surface area (Å²) in [5.41, 5.74) is 0.0402. The van der Waals surface area contributed by atoms with Crippen molar-refractivity contribution in [2.75, 3.05) is 13.2 Å². The molecule has 1 N–H and O–H groups in total. The number of carboxylic acid groups (broad SMARTS) is 1. The van der Waals surface area contributed by atoms with Gasteiger partial charge in [-0.15, -0.1) is 0 Å². The molecule has 1 heterocycles. The van der Waals surface area contributed by atoms with E-state index in [1.54, 1.807) is 0 Å². The lowest BCUT2D eigenvalue weighted by Crippen LogP contribution is -2.18. The Bertz CT molecular complexity index is 715. The highest BCUT2D eigenvalue weighted by Crippen LogP contribution is 2.33. The molecule has 0 aromatic heterocycles. The maximum atomic E-state index is 12.1. The van der Waals surface area contributed by atoms with Crippen molar-refractivity contribution in [3.63, 3.8) is 0 Å². The predicted molar refractivity (Wildman–Crippen MR) is 81.1 cm³/mol. The molecule has 124 valence electrons. The molecule has 0 bridgehead atoms. The van der Waals surface area contributed by atoms with Crippen LogP contribution in [0.5, 0.6) is 0 Å². The third-order valence-corrected chi connectivity index (χ3v) is 6.08. The SMILES string of the molecule is O=C(O)C(=NO[C@@H]1CCOC1)c1ccc(S(=O)(=O)C2CC2)cc1. The molecule has 0 radical (unpaired) electrons. The molecule has 1 aromatic rings. The second-order valence-corrected chi connectivity index (χ2v) is 7.83. The zero-order chi connectivity index (χ0) is 16.4. The van der Waals surface area contributed by atoms with Crippen LogP contribution >= 0.6 is 0 Å². The minimum atomic E-state index is -3.29. The van der Waals surface area contributed by atoms with E-state index < -0.39 is 15.8 Å². The molecule has 1 aliphatic carbocycles. The number of carboxylic acids is 1. The number of hydrogen-bond acceptors (Lipinski definition) is 6. The van der Waals surface area contributed by atoms with Gasteiger partial charge < -0.3 is 14.7 Å². The first-order chi connectivity index (χ1) is 11.0. The molecule has 23 heavy (non-hydrogen) atoms. The Labute approximate surface area is 133 Å². The molecular weight excluding hydrogens is 322 g/mol. The topological polar surface area (TPSA) is 102 Å². The van der Waals surface area contributed by atoms with E-state index in [9.17, 15) is 18.3 Å². The van der Waals surface area contributed by atoms with Gasteiger partial charge in [0.2, 0.25) is 0 Å². The number of hydrogen-bond donors (Lipinski definition) is 1. The third-order valence-electron chi connectivity index (χ3n) is 3.80. The molecule has 0 amide bonds. The van der Waals surface area contributed by atoms with Crippen LogP contribution in [0.4, 0.5) is 0 Å². The van der Waals surface area contributed by atoms with Gasteiger partial charge in [0, 0.05) is 12.0 Å². The van der Waals surface area contributed by atoms with Crippen LogP contribution in [0, 0.1) is 0 Å². The first-order valence-corrected chi connectivity index (χ1v) is 8.92. The molecule has 7 nitrogen and oxygen atoms in total. The summed E-state index contributed by atoms with van der Waals surface area (Å²) in [4.78, 5) is 16.7. The van der Waals surface area contributed by atoms with Crippen LogP contribution in [0.15, 0.2) is 34.3 Å². The van der Waals surface area contributed by atoms with Crippen molar-refractivity contribution in [2.24, 2.45) is 5.16 Å². The van der Waals surface area contributed by atoms with Gasteiger partial charge in [0.15, 0.2) is 21.7 Å². The maximum Gasteiger partial charge on any atom is 0.358 e. The first kappa shape index (κ1) is 15.9. The molecule has 1 aromatic carbocycles. The summed E-state index contributed by atoms with van der Waals surface area (Å²) >= 11 is 0. The van der Waals surface area contributed by atoms with Gasteiger partial charge in [0.05, 0.1) is 23.4 Å². The fourth-order valence-electron chi connectivity index (χ4n) is 2.31. The molecule has 0 spiro atoms. The number of rotatable bonds is 6. The molecule has 2 fully saturated rings. The second kappa shape index (κ2) is 6.29. The molecule has 1 atom stereocenters.